The van der Waals surface area contributed by atoms with Crippen molar-refractivity contribution >= 4 is 23.5 Å². The molecule has 0 radical (unpaired) electrons. The lowest BCUT2D eigenvalue weighted by molar-refractivity contribution is -0.139. The van der Waals surface area contributed by atoms with E-state index in [0.29, 0.717) is 17.1 Å². The molecule has 1 atom stereocenters. The molecule has 18 heavy (non-hydrogen) atoms. The second kappa shape index (κ2) is 6.44. The van der Waals surface area contributed by atoms with Crippen LogP contribution in [0.25, 0.3) is 0 Å². The van der Waals surface area contributed by atoms with E-state index in [2.05, 4.69) is 5.32 Å². The van der Waals surface area contributed by atoms with Crippen molar-refractivity contribution in [2.24, 2.45) is 7.05 Å². The van der Waals surface area contributed by atoms with Crippen LogP contribution in [0.5, 0.6) is 0 Å². The summed E-state index contributed by atoms with van der Waals surface area (Å²) in [6.45, 7) is 1.97. The van der Waals surface area contributed by atoms with Crippen LogP contribution in [0.4, 0.5) is 0 Å². The van der Waals surface area contributed by atoms with Gasteiger partial charge in [-0.1, -0.05) is 31.4 Å². The monoisotopic (exact) mass is 272 g/mol. The van der Waals surface area contributed by atoms with Crippen molar-refractivity contribution in [2.75, 3.05) is 0 Å². The molecule has 2 N–H and O–H groups in total. The Morgan fingerprint density at radius 3 is 2.67 bits per heavy atom. The molecule has 1 aromatic rings. The molecule has 0 saturated heterocycles. The number of carboxylic acid groups (broad SMARTS) is 1. The average molecular weight is 273 g/mol. The summed E-state index contributed by atoms with van der Waals surface area (Å²) < 4.78 is 1.57. The summed E-state index contributed by atoms with van der Waals surface area (Å²) in [7, 11) is 1.68. The number of unbranched alkanes of at least 4 members (excludes halogenated alkanes) is 1. The van der Waals surface area contributed by atoms with Gasteiger partial charge in [0.1, 0.15) is 11.7 Å². The van der Waals surface area contributed by atoms with Crippen LogP contribution in [0.1, 0.15) is 36.7 Å². The molecule has 100 valence electrons. The van der Waals surface area contributed by atoms with Crippen molar-refractivity contribution in [3.8, 4) is 0 Å². The lowest BCUT2D eigenvalue weighted by Gasteiger charge is -2.14. The Bertz CT molecular complexity index is 443. The van der Waals surface area contributed by atoms with E-state index in [4.69, 9.17) is 16.7 Å². The molecule has 0 aliphatic rings. The van der Waals surface area contributed by atoms with Crippen LogP contribution in [0.15, 0.2) is 12.3 Å². The van der Waals surface area contributed by atoms with Crippen molar-refractivity contribution in [1.82, 2.24) is 9.88 Å². The van der Waals surface area contributed by atoms with Crippen LogP contribution in [-0.4, -0.2) is 27.6 Å². The van der Waals surface area contributed by atoms with E-state index in [-0.39, 0.29) is 0 Å². The maximum absolute atomic E-state index is 11.9. The van der Waals surface area contributed by atoms with Crippen molar-refractivity contribution in [3.63, 3.8) is 0 Å². The Balaban J connectivity index is 2.72. The molecular formula is C12H17ClN2O3. The van der Waals surface area contributed by atoms with Crippen molar-refractivity contribution in [2.45, 2.75) is 32.2 Å². The first kappa shape index (κ1) is 14.6. The number of aryl methyl sites for hydroxylation is 1. The number of hydrogen-bond acceptors (Lipinski definition) is 2. The van der Waals surface area contributed by atoms with Gasteiger partial charge in [-0.25, -0.2) is 4.79 Å². The minimum atomic E-state index is -1.02. The van der Waals surface area contributed by atoms with Crippen molar-refractivity contribution < 1.29 is 14.7 Å². The number of amides is 1. The van der Waals surface area contributed by atoms with Gasteiger partial charge in [0.05, 0.1) is 5.02 Å². The number of carbonyl (C=O) groups excluding carboxylic acids is 1. The summed E-state index contributed by atoms with van der Waals surface area (Å²) in [5.74, 6) is -1.44. The van der Waals surface area contributed by atoms with E-state index in [0.717, 1.165) is 12.8 Å². The third kappa shape index (κ3) is 3.77. The van der Waals surface area contributed by atoms with Gasteiger partial charge in [0.2, 0.25) is 0 Å². The van der Waals surface area contributed by atoms with Gasteiger partial charge in [0, 0.05) is 13.2 Å². The third-order valence-corrected chi connectivity index (χ3v) is 2.86. The summed E-state index contributed by atoms with van der Waals surface area (Å²) in [6, 6.07) is 0.654. The fourth-order valence-corrected chi connectivity index (χ4v) is 1.90. The Morgan fingerprint density at radius 2 is 2.22 bits per heavy atom. The highest BCUT2D eigenvalue weighted by atomic mass is 35.5. The van der Waals surface area contributed by atoms with Crippen molar-refractivity contribution in [3.05, 3.63) is 23.0 Å². The number of hydrogen-bond donors (Lipinski definition) is 2. The highest BCUT2D eigenvalue weighted by molar-refractivity contribution is 6.31. The van der Waals surface area contributed by atoms with Crippen LogP contribution >= 0.6 is 11.6 Å². The molecule has 0 aliphatic carbocycles. The maximum Gasteiger partial charge on any atom is 0.326 e. The Hall–Kier alpha value is -1.49. The van der Waals surface area contributed by atoms with Crippen LogP contribution in [0.2, 0.25) is 5.02 Å². The topological polar surface area (TPSA) is 71.3 Å². The van der Waals surface area contributed by atoms with Gasteiger partial charge >= 0.3 is 5.97 Å². The highest BCUT2D eigenvalue weighted by Crippen LogP contribution is 2.13. The summed E-state index contributed by atoms with van der Waals surface area (Å²) in [6.07, 6.45) is 3.66. The van der Waals surface area contributed by atoms with Crippen LogP contribution in [0, 0.1) is 0 Å². The molecule has 5 nitrogen and oxygen atoms in total. The molecule has 1 unspecified atom stereocenters. The second-order valence-electron chi connectivity index (χ2n) is 4.16. The zero-order valence-corrected chi connectivity index (χ0v) is 11.2. The quantitative estimate of drug-likeness (QED) is 0.833. The van der Waals surface area contributed by atoms with E-state index in [9.17, 15) is 9.59 Å². The molecule has 0 aromatic carbocycles. The standard InChI is InChI=1S/C12H17ClN2O3/c1-3-4-5-9(12(17)18)14-11(16)10-6-8(13)7-15(10)2/h6-7,9H,3-5H2,1-2H3,(H,14,16)(H,17,18). The van der Waals surface area contributed by atoms with Crippen LogP contribution < -0.4 is 5.32 Å². The first-order valence-electron chi connectivity index (χ1n) is 5.81. The van der Waals surface area contributed by atoms with E-state index in [1.54, 1.807) is 17.8 Å². The van der Waals surface area contributed by atoms with Gasteiger partial charge in [-0.05, 0) is 12.5 Å². The lowest BCUT2D eigenvalue weighted by Crippen LogP contribution is -2.41. The van der Waals surface area contributed by atoms with E-state index in [1.165, 1.54) is 6.07 Å². The average Bonchev–Trinajstić information content (AvgIpc) is 2.63. The predicted molar refractivity (Wildman–Crippen MR) is 68.8 cm³/mol. The number of rotatable bonds is 6. The van der Waals surface area contributed by atoms with Gasteiger partial charge in [-0.15, -0.1) is 0 Å². The largest absolute Gasteiger partial charge is 0.480 e. The summed E-state index contributed by atoms with van der Waals surface area (Å²) in [4.78, 5) is 22.9. The molecule has 0 spiro atoms. The zero-order valence-electron chi connectivity index (χ0n) is 10.4. The number of carbonyl (C=O) groups is 2. The summed E-state index contributed by atoms with van der Waals surface area (Å²) in [5.41, 5.74) is 0.350. The minimum absolute atomic E-state index is 0.350. The summed E-state index contributed by atoms with van der Waals surface area (Å²) in [5, 5.41) is 12.0. The number of nitrogens with one attached hydrogen (secondary N) is 1. The Morgan fingerprint density at radius 1 is 1.56 bits per heavy atom. The first-order chi connectivity index (χ1) is 8.45. The van der Waals surface area contributed by atoms with E-state index in [1.807, 2.05) is 6.92 Å². The minimum Gasteiger partial charge on any atom is -0.480 e. The molecule has 0 saturated carbocycles. The molecule has 1 aromatic heterocycles. The number of carboxylic acids is 1. The number of aromatic nitrogens is 1. The SMILES string of the molecule is CCCCC(NC(=O)c1cc(Cl)cn1C)C(=O)O. The Kier molecular flexibility index (Phi) is 5.22. The first-order valence-corrected chi connectivity index (χ1v) is 6.19. The van der Waals surface area contributed by atoms with E-state index < -0.39 is 17.9 Å². The lowest BCUT2D eigenvalue weighted by atomic mass is 10.1. The predicted octanol–water partition coefficient (Wildman–Crippen LogP) is 2.05. The smallest absolute Gasteiger partial charge is 0.326 e. The third-order valence-electron chi connectivity index (χ3n) is 2.65. The van der Waals surface area contributed by atoms with E-state index >= 15 is 0 Å². The maximum atomic E-state index is 11.9. The second-order valence-corrected chi connectivity index (χ2v) is 4.60. The highest BCUT2D eigenvalue weighted by Gasteiger charge is 2.21. The number of nitrogens with zero attached hydrogens (tertiary/aromatic N) is 1. The molecular weight excluding hydrogens is 256 g/mol. The molecule has 0 bridgehead atoms. The van der Waals surface area contributed by atoms with Gasteiger partial charge in [0.25, 0.3) is 5.91 Å². The Labute approximate surface area is 111 Å². The normalized spacial score (nSPS) is 12.2. The van der Waals surface area contributed by atoms with Gasteiger partial charge in [-0.2, -0.15) is 0 Å². The van der Waals surface area contributed by atoms with Crippen LogP contribution in [0.3, 0.4) is 0 Å². The number of halogens is 1. The number of aliphatic carboxylic acids is 1. The van der Waals surface area contributed by atoms with Gasteiger partial charge < -0.3 is 15.0 Å². The van der Waals surface area contributed by atoms with Gasteiger partial charge in [0.15, 0.2) is 0 Å². The molecule has 0 aliphatic heterocycles. The van der Waals surface area contributed by atoms with Crippen molar-refractivity contribution in [1.29, 1.82) is 0 Å². The van der Waals surface area contributed by atoms with Crippen LogP contribution in [-0.2, 0) is 11.8 Å². The fraction of sp³-hybridized carbons (Fsp3) is 0.500. The molecule has 1 amide bonds. The zero-order chi connectivity index (χ0) is 13.7. The fourth-order valence-electron chi connectivity index (χ4n) is 1.65. The summed E-state index contributed by atoms with van der Waals surface area (Å²) >= 11 is 5.78. The molecule has 6 heteroatoms. The molecule has 0 fully saturated rings. The molecule has 1 rings (SSSR count). The molecule has 1 heterocycles. The van der Waals surface area contributed by atoms with Gasteiger partial charge in [-0.3, -0.25) is 4.79 Å².